The second kappa shape index (κ2) is 8.87. The quantitative estimate of drug-likeness (QED) is 0.291. The maximum absolute atomic E-state index is 12.2. The molecule has 0 saturated heterocycles. The van der Waals surface area contributed by atoms with Crippen molar-refractivity contribution >= 4 is 35.4 Å². The number of ether oxygens (including phenoxy) is 1. The van der Waals surface area contributed by atoms with E-state index in [1.807, 2.05) is 6.07 Å². The van der Waals surface area contributed by atoms with Crippen molar-refractivity contribution in [2.24, 2.45) is 0 Å². The van der Waals surface area contributed by atoms with Gasteiger partial charge in [-0.25, -0.2) is 4.79 Å². The summed E-state index contributed by atoms with van der Waals surface area (Å²) in [5, 5.41) is 15.9. The third-order valence-electron chi connectivity index (χ3n) is 3.72. The van der Waals surface area contributed by atoms with E-state index in [4.69, 9.17) is 20.9 Å². The molecule has 0 aliphatic rings. The maximum atomic E-state index is 12.2. The van der Waals surface area contributed by atoms with E-state index in [-0.39, 0.29) is 11.4 Å². The highest BCUT2D eigenvalue weighted by atomic mass is 35.5. The zero-order valence-electron chi connectivity index (χ0n) is 15.2. The van der Waals surface area contributed by atoms with Crippen LogP contribution in [0.1, 0.15) is 21.7 Å². The molecule has 0 aliphatic heterocycles. The summed E-state index contributed by atoms with van der Waals surface area (Å²) in [5.74, 6) is -0.0586. The van der Waals surface area contributed by atoms with Crippen molar-refractivity contribution in [2.45, 2.75) is 6.92 Å². The number of carbonyl (C=O) groups excluding carboxylic acids is 2. The highest BCUT2D eigenvalue weighted by Gasteiger charge is 2.12. The molecule has 29 heavy (non-hydrogen) atoms. The molecule has 144 valence electrons. The Kier molecular flexibility index (Phi) is 6.07. The summed E-state index contributed by atoms with van der Waals surface area (Å²) in [6.45, 7) is 1.69. The number of aromatic nitrogens is 1. The summed E-state index contributed by atoms with van der Waals surface area (Å²) in [6.07, 6.45) is 1.41. The lowest BCUT2D eigenvalue weighted by molar-refractivity contribution is -0.112. The maximum Gasteiger partial charge on any atom is 0.343 e. The molecule has 2 aromatic carbocycles. The van der Waals surface area contributed by atoms with Crippen LogP contribution < -0.4 is 10.1 Å². The number of benzene rings is 2. The van der Waals surface area contributed by atoms with Gasteiger partial charge in [0.2, 0.25) is 0 Å². The summed E-state index contributed by atoms with van der Waals surface area (Å²) in [6, 6.07) is 16.1. The summed E-state index contributed by atoms with van der Waals surface area (Å²) in [5.41, 5.74) is 0.834. The molecule has 1 heterocycles. The molecule has 3 aromatic rings. The fraction of sp³-hybridized carbons (Fsp3) is 0.0476. The van der Waals surface area contributed by atoms with E-state index in [9.17, 15) is 14.9 Å². The molecule has 0 unspecified atom stereocenters. The smallest absolute Gasteiger partial charge is 0.343 e. The van der Waals surface area contributed by atoms with Gasteiger partial charge in [-0.3, -0.25) is 4.79 Å². The van der Waals surface area contributed by atoms with Crippen molar-refractivity contribution in [2.75, 3.05) is 5.32 Å². The first-order valence-electron chi connectivity index (χ1n) is 8.39. The van der Waals surface area contributed by atoms with Gasteiger partial charge in [0, 0.05) is 11.1 Å². The molecule has 0 saturated carbocycles. The molecule has 1 N–H and O–H groups in total. The Labute approximate surface area is 171 Å². The molecular formula is C21H14ClN3O4. The summed E-state index contributed by atoms with van der Waals surface area (Å²) >= 11 is 5.80. The average molecular weight is 408 g/mol. The van der Waals surface area contributed by atoms with Crippen molar-refractivity contribution in [3.63, 3.8) is 0 Å². The number of amides is 1. The predicted octanol–water partition coefficient (Wildman–Crippen LogP) is 4.40. The lowest BCUT2D eigenvalue weighted by Gasteiger charge is -2.05. The highest BCUT2D eigenvalue weighted by Crippen LogP contribution is 2.18. The average Bonchev–Trinajstić information content (AvgIpc) is 3.12. The van der Waals surface area contributed by atoms with Crippen LogP contribution >= 0.6 is 11.6 Å². The molecule has 7 nitrogen and oxygen atoms in total. The fourth-order valence-electron chi connectivity index (χ4n) is 2.31. The van der Waals surface area contributed by atoms with Gasteiger partial charge < -0.3 is 14.6 Å². The summed E-state index contributed by atoms with van der Waals surface area (Å²) in [4.78, 5) is 24.3. The Morgan fingerprint density at radius 3 is 2.45 bits per heavy atom. The van der Waals surface area contributed by atoms with Crippen molar-refractivity contribution in [3.05, 3.63) is 82.1 Å². The monoisotopic (exact) mass is 407 g/mol. The number of hydrogen-bond donors (Lipinski definition) is 1. The van der Waals surface area contributed by atoms with Gasteiger partial charge in [-0.1, -0.05) is 28.9 Å². The van der Waals surface area contributed by atoms with E-state index in [1.54, 1.807) is 55.5 Å². The number of nitrogens with zero attached hydrogens (tertiary/aromatic N) is 2. The molecule has 0 atom stereocenters. The lowest BCUT2D eigenvalue weighted by Crippen LogP contribution is -2.13. The molecule has 0 fully saturated rings. The van der Waals surface area contributed by atoms with Crippen molar-refractivity contribution < 1.29 is 18.8 Å². The van der Waals surface area contributed by atoms with Crippen molar-refractivity contribution in [3.8, 4) is 11.8 Å². The van der Waals surface area contributed by atoms with Gasteiger partial charge in [-0.05, 0) is 55.0 Å². The molecule has 0 radical (unpaired) electrons. The molecule has 1 amide bonds. The lowest BCUT2D eigenvalue weighted by atomic mass is 10.1. The van der Waals surface area contributed by atoms with Gasteiger partial charge in [-0.15, -0.1) is 0 Å². The van der Waals surface area contributed by atoms with Crippen LogP contribution in [0.25, 0.3) is 6.08 Å². The van der Waals surface area contributed by atoms with Crippen molar-refractivity contribution in [1.29, 1.82) is 5.26 Å². The molecule has 1 aromatic heterocycles. The van der Waals surface area contributed by atoms with E-state index >= 15 is 0 Å². The highest BCUT2D eigenvalue weighted by molar-refractivity contribution is 6.30. The number of anilines is 1. The van der Waals surface area contributed by atoms with E-state index in [0.29, 0.717) is 27.7 Å². The number of aryl methyl sites for hydroxylation is 1. The molecule has 0 spiro atoms. The normalized spacial score (nSPS) is 10.9. The Morgan fingerprint density at radius 2 is 1.86 bits per heavy atom. The molecule has 0 aliphatic carbocycles. The van der Waals surface area contributed by atoms with E-state index < -0.39 is 11.9 Å². The first-order valence-corrected chi connectivity index (χ1v) is 8.76. The second-order valence-electron chi connectivity index (χ2n) is 5.91. The van der Waals surface area contributed by atoms with Crippen molar-refractivity contribution in [1.82, 2.24) is 5.16 Å². The largest absolute Gasteiger partial charge is 0.423 e. The number of esters is 1. The third-order valence-corrected chi connectivity index (χ3v) is 3.97. The number of rotatable bonds is 5. The van der Waals surface area contributed by atoms with Crippen LogP contribution in [-0.2, 0) is 4.79 Å². The number of hydrogen-bond acceptors (Lipinski definition) is 6. The topological polar surface area (TPSA) is 105 Å². The van der Waals surface area contributed by atoms with E-state index in [0.717, 1.165) is 0 Å². The van der Waals surface area contributed by atoms with Crippen LogP contribution in [0.3, 0.4) is 0 Å². The van der Waals surface area contributed by atoms with Gasteiger partial charge in [0.05, 0.1) is 5.56 Å². The molecule has 8 heteroatoms. The van der Waals surface area contributed by atoms with Gasteiger partial charge in [-0.2, -0.15) is 5.26 Å². The fourth-order valence-corrected chi connectivity index (χ4v) is 2.43. The first kappa shape index (κ1) is 19.9. The van der Waals surface area contributed by atoms with Gasteiger partial charge >= 0.3 is 5.97 Å². The second-order valence-corrected chi connectivity index (χ2v) is 6.35. The van der Waals surface area contributed by atoms with Crippen LogP contribution in [0.4, 0.5) is 5.82 Å². The SMILES string of the molecule is Cc1cc(NC(=O)/C(C#N)=C\c2ccc(OC(=O)c3ccc(Cl)cc3)cc2)no1. The Balaban J connectivity index is 1.68. The van der Waals surface area contributed by atoms with Crippen LogP contribution in [0.5, 0.6) is 5.75 Å². The number of nitrogens with one attached hydrogen (secondary N) is 1. The minimum atomic E-state index is -0.612. The summed E-state index contributed by atoms with van der Waals surface area (Å²) in [7, 11) is 0. The molecular weight excluding hydrogens is 394 g/mol. The first-order chi connectivity index (χ1) is 13.9. The number of halogens is 1. The van der Waals surface area contributed by atoms with Crippen LogP contribution in [0, 0.1) is 18.3 Å². The van der Waals surface area contributed by atoms with E-state index in [1.165, 1.54) is 12.1 Å². The third kappa shape index (κ3) is 5.31. The van der Waals surface area contributed by atoms with Crippen LogP contribution in [0.2, 0.25) is 5.02 Å². The minimum Gasteiger partial charge on any atom is -0.423 e. The molecule has 0 bridgehead atoms. The molecule has 3 rings (SSSR count). The minimum absolute atomic E-state index is 0.114. The zero-order chi connectivity index (χ0) is 20.8. The zero-order valence-corrected chi connectivity index (χ0v) is 15.9. The number of carbonyl (C=O) groups is 2. The van der Waals surface area contributed by atoms with Gasteiger partial charge in [0.25, 0.3) is 5.91 Å². The Morgan fingerprint density at radius 1 is 1.17 bits per heavy atom. The standard InChI is InChI=1S/C21H14ClN3O4/c1-13-10-19(25-29-13)24-20(26)16(12-23)11-14-2-8-18(9-3-14)28-21(27)15-4-6-17(22)7-5-15/h2-11H,1H3,(H,24,25,26)/b16-11-. The predicted molar refractivity (Wildman–Crippen MR) is 106 cm³/mol. The Bertz CT molecular complexity index is 1110. The van der Waals surface area contributed by atoms with Gasteiger partial charge in [0.1, 0.15) is 23.2 Å². The number of nitriles is 1. The van der Waals surface area contributed by atoms with Crippen LogP contribution in [-0.4, -0.2) is 17.0 Å². The Hall–Kier alpha value is -3.89. The van der Waals surface area contributed by atoms with E-state index in [2.05, 4.69) is 10.5 Å². The van der Waals surface area contributed by atoms with Crippen LogP contribution in [0.15, 0.2) is 64.7 Å². The summed E-state index contributed by atoms with van der Waals surface area (Å²) < 4.78 is 10.2. The van der Waals surface area contributed by atoms with Gasteiger partial charge in [0.15, 0.2) is 5.82 Å².